The third kappa shape index (κ3) is 3.37. The van der Waals surface area contributed by atoms with Crippen molar-refractivity contribution in [1.82, 2.24) is 10.2 Å². The van der Waals surface area contributed by atoms with Gasteiger partial charge in [-0.2, -0.15) is 0 Å². The van der Waals surface area contributed by atoms with Crippen LogP contribution in [0.1, 0.15) is 5.56 Å². The van der Waals surface area contributed by atoms with Crippen LogP contribution in [0, 0.1) is 0 Å². The summed E-state index contributed by atoms with van der Waals surface area (Å²) in [6.07, 6.45) is 1.63. The van der Waals surface area contributed by atoms with Crippen LogP contribution in [0.4, 0.5) is 0 Å². The van der Waals surface area contributed by atoms with Gasteiger partial charge in [0.15, 0.2) is 0 Å². The molecule has 1 aliphatic rings. The topological polar surface area (TPSA) is 53.9 Å². The van der Waals surface area contributed by atoms with Gasteiger partial charge in [-0.3, -0.25) is 0 Å². The van der Waals surface area contributed by atoms with Gasteiger partial charge in [-0.15, -0.1) is 0 Å². The molecule has 1 aliphatic heterocycles. The Hall–Kier alpha value is -1.85. The first-order valence-corrected chi connectivity index (χ1v) is 6.60. The van der Waals surface area contributed by atoms with Gasteiger partial charge in [0.05, 0.1) is 5.02 Å². The number of hydrogen-bond acceptors (Lipinski definition) is 5. The van der Waals surface area contributed by atoms with E-state index in [2.05, 4.69) is 10.5 Å². The van der Waals surface area contributed by atoms with Gasteiger partial charge in [-0.05, 0) is 20.2 Å². The lowest BCUT2D eigenvalue weighted by molar-refractivity contribution is -0.136. The molecule has 0 bridgehead atoms. The number of likely N-dealkylation sites (N-methyl/N-ethyl adjacent to an activating group) is 1. The molecule has 0 spiro atoms. The number of oxime groups is 1. The van der Waals surface area contributed by atoms with Crippen LogP contribution in [0.5, 0.6) is 0 Å². The molecule has 0 aromatic heterocycles. The van der Waals surface area contributed by atoms with E-state index in [9.17, 15) is 4.79 Å². The monoisotopic (exact) mass is 293 g/mol. The molecular weight excluding hydrogens is 278 g/mol. The summed E-state index contributed by atoms with van der Waals surface area (Å²) in [5.74, 6) is -0.475. The fourth-order valence-electron chi connectivity index (χ4n) is 1.72. The van der Waals surface area contributed by atoms with Crippen LogP contribution in [0.2, 0.25) is 5.02 Å². The van der Waals surface area contributed by atoms with Gasteiger partial charge >= 0.3 is 5.97 Å². The van der Waals surface area contributed by atoms with Crippen molar-refractivity contribution in [2.24, 2.45) is 5.16 Å². The summed E-state index contributed by atoms with van der Waals surface area (Å²) in [6.45, 7) is 1.58. The Morgan fingerprint density at radius 2 is 2.15 bits per heavy atom. The lowest BCUT2D eigenvalue weighted by Crippen LogP contribution is -2.24. The Labute approximate surface area is 122 Å². The van der Waals surface area contributed by atoms with Crippen LogP contribution >= 0.6 is 11.6 Å². The summed E-state index contributed by atoms with van der Waals surface area (Å²) in [5, 5.41) is 7.42. The molecule has 1 heterocycles. The molecule has 6 heteroatoms. The largest absolute Gasteiger partial charge is 0.389 e. The average molecular weight is 294 g/mol. The van der Waals surface area contributed by atoms with Crippen molar-refractivity contribution in [3.63, 3.8) is 0 Å². The van der Waals surface area contributed by atoms with Gasteiger partial charge in [0.25, 0.3) is 0 Å². The molecule has 1 aromatic carbocycles. The number of rotatable bonds is 5. The lowest BCUT2D eigenvalue weighted by atomic mass is 10.0. The number of nitrogens with one attached hydrogen (secondary N) is 1. The fourth-order valence-corrected chi connectivity index (χ4v) is 1.94. The molecule has 0 atom stereocenters. The van der Waals surface area contributed by atoms with E-state index in [-0.39, 0.29) is 0 Å². The summed E-state index contributed by atoms with van der Waals surface area (Å²) < 4.78 is 0. The van der Waals surface area contributed by atoms with Gasteiger partial charge in [0.1, 0.15) is 11.3 Å². The molecular formula is C14H16ClN3O2. The van der Waals surface area contributed by atoms with E-state index in [0.717, 1.165) is 13.1 Å². The molecule has 0 unspecified atom stereocenters. The molecule has 0 saturated carbocycles. The minimum Gasteiger partial charge on any atom is -0.389 e. The first-order chi connectivity index (χ1) is 9.59. The minimum absolute atomic E-state index is 0.386. The van der Waals surface area contributed by atoms with E-state index in [1.165, 1.54) is 0 Å². The van der Waals surface area contributed by atoms with Crippen molar-refractivity contribution < 1.29 is 9.63 Å². The Morgan fingerprint density at radius 1 is 1.40 bits per heavy atom. The van der Waals surface area contributed by atoms with Crippen molar-refractivity contribution in [2.45, 2.75) is 0 Å². The second-order valence-electron chi connectivity index (χ2n) is 4.61. The average Bonchev–Trinajstić information content (AvgIpc) is 2.76. The number of benzene rings is 1. The molecule has 0 saturated heterocycles. The second-order valence-corrected chi connectivity index (χ2v) is 5.02. The van der Waals surface area contributed by atoms with Crippen LogP contribution in [0.25, 0.3) is 0 Å². The van der Waals surface area contributed by atoms with Crippen molar-refractivity contribution in [2.75, 3.05) is 27.2 Å². The van der Waals surface area contributed by atoms with Gasteiger partial charge in [-0.25, -0.2) is 4.79 Å². The number of nitrogens with zero attached hydrogens (tertiary/aromatic N) is 2. The molecule has 5 nitrogen and oxygen atoms in total. The maximum Gasteiger partial charge on any atom is 0.369 e. The van der Waals surface area contributed by atoms with E-state index >= 15 is 0 Å². The second kappa shape index (κ2) is 6.54. The highest BCUT2D eigenvalue weighted by Gasteiger charge is 2.27. The molecule has 0 radical (unpaired) electrons. The van der Waals surface area contributed by atoms with E-state index in [0.29, 0.717) is 21.9 Å². The standard InChI is InChI=1S/C14H16ClN3O2/c1-18(2)8-7-16-9-11-13(17-20-14(11)19)10-5-3-4-6-12(10)15/h3-6,9,16H,7-8H2,1-2H3. The number of hydrogen-bond donors (Lipinski definition) is 1. The maximum absolute atomic E-state index is 11.7. The van der Waals surface area contributed by atoms with E-state index in [4.69, 9.17) is 16.4 Å². The SMILES string of the molecule is CN(C)CCNC=C1C(=O)ON=C1c1ccccc1Cl. The molecule has 2 rings (SSSR count). The smallest absolute Gasteiger partial charge is 0.369 e. The van der Waals surface area contributed by atoms with Crippen LogP contribution < -0.4 is 5.32 Å². The maximum atomic E-state index is 11.7. The zero-order valence-corrected chi connectivity index (χ0v) is 12.1. The highest BCUT2D eigenvalue weighted by molar-refractivity contribution is 6.38. The lowest BCUT2D eigenvalue weighted by Gasteiger charge is -2.09. The molecule has 106 valence electrons. The van der Waals surface area contributed by atoms with Crippen LogP contribution in [0.15, 0.2) is 41.2 Å². The Kier molecular flexibility index (Phi) is 4.76. The summed E-state index contributed by atoms with van der Waals surface area (Å²) in [4.78, 5) is 18.5. The summed E-state index contributed by atoms with van der Waals surface area (Å²) >= 11 is 6.12. The first kappa shape index (κ1) is 14.6. The van der Waals surface area contributed by atoms with E-state index < -0.39 is 5.97 Å². The molecule has 20 heavy (non-hydrogen) atoms. The number of halogens is 1. The zero-order chi connectivity index (χ0) is 14.5. The van der Waals surface area contributed by atoms with Crippen molar-refractivity contribution >= 4 is 23.3 Å². The molecule has 1 aromatic rings. The molecule has 1 N–H and O–H groups in total. The van der Waals surface area contributed by atoms with Gasteiger partial charge in [0.2, 0.25) is 0 Å². The zero-order valence-electron chi connectivity index (χ0n) is 11.4. The Bertz CT molecular complexity index is 567. The number of carbonyl (C=O) groups is 1. The summed E-state index contributed by atoms with van der Waals surface area (Å²) in [7, 11) is 3.96. The van der Waals surface area contributed by atoms with Gasteiger partial charge in [0, 0.05) is 24.9 Å². The van der Waals surface area contributed by atoms with Gasteiger partial charge in [-0.1, -0.05) is 35.0 Å². The van der Waals surface area contributed by atoms with E-state index in [1.807, 2.05) is 31.1 Å². The predicted octanol–water partition coefficient (Wildman–Crippen LogP) is 1.64. The van der Waals surface area contributed by atoms with Crippen LogP contribution in [-0.4, -0.2) is 43.8 Å². The quantitative estimate of drug-likeness (QED) is 0.509. The first-order valence-electron chi connectivity index (χ1n) is 6.22. The highest BCUT2D eigenvalue weighted by atomic mass is 35.5. The summed E-state index contributed by atoms with van der Waals surface area (Å²) in [6, 6.07) is 7.21. The van der Waals surface area contributed by atoms with Crippen molar-refractivity contribution in [1.29, 1.82) is 0 Å². The van der Waals surface area contributed by atoms with Crippen molar-refractivity contribution in [3.8, 4) is 0 Å². The Morgan fingerprint density at radius 3 is 2.85 bits per heavy atom. The third-order valence-corrected chi connectivity index (χ3v) is 3.10. The molecule has 0 aliphatic carbocycles. The number of carbonyl (C=O) groups excluding carboxylic acids is 1. The van der Waals surface area contributed by atoms with Gasteiger partial charge < -0.3 is 15.1 Å². The van der Waals surface area contributed by atoms with Crippen LogP contribution in [0.3, 0.4) is 0 Å². The molecule has 0 amide bonds. The fraction of sp³-hybridized carbons (Fsp3) is 0.286. The van der Waals surface area contributed by atoms with E-state index in [1.54, 1.807) is 18.3 Å². The van der Waals surface area contributed by atoms with Crippen molar-refractivity contribution in [3.05, 3.63) is 46.6 Å². The third-order valence-electron chi connectivity index (χ3n) is 2.77. The predicted molar refractivity (Wildman–Crippen MR) is 78.7 cm³/mol. The highest BCUT2D eigenvalue weighted by Crippen LogP contribution is 2.23. The van der Waals surface area contributed by atoms with Crippen LogP contribution in [-0.2, 0) is 9.63 Å². The Balaban J connectivity index is 2.15. The molecule has 0 fully saturated rings. The minimum atomic E-state index is -0.475. The normalized spacial score (nSPS) is 16.5. The summed E-state index contributed by atoms with van der Waals surface area (Å²) in [5.41, 5.74) is 1.52.